The molecule has 0 rings (SSSR count). The van der Waals surface area contributed by atoms with Crippen LogP contribution in [-0.4, -0.2) is 49.3 Å². The molecule has 2 atom stereocenters. The SMILES string of the molecule is CCCCCCCCCCCCCCCCCCCCCCCCCCCCCCCCC(=O)OC(COC(=O)CCCCCCCCCCCCCCCCCCCCCCC)COP(=O)(O)OCCN. The maximum absolute atomic E-state index is 12.7. The highest BCUT2D eigenvalue weighted by Crippen LogP contribution is 2.43. The Morgan fingerprint density at radius 1 is 0.361 bits per heavy atom. The van der Waals surface area contributed by atoms with Gasteiger partial charge in [-0.05, 0) is 12.8 Å². The van der Waals surface area contributed by atoms with Crippen molar-refractivity contribution in [3.05, 3.63) is 0 Å². The van der Waals surface area contributed by atoms with Gasteiger partial charge in [0, 0.05) is 19.4 Å². The van der Waals surface area contributed by atoms with Crippen LogP contribution in [0.25, 0.3) is 0 Å². The summed E-state index contributed by atoms with van der Waals surface area (Å²) in [5, 5.41) is 0. The summed E-state index contributed by atoms with van der Waals surface area (Å²) in [6.45, 7) is 3.84. The number of rotatable bonds is 62. The Morgan fingerprint density at radius 3 is 0.847 bits per heavy atom. The van der Waals surface area contributed by atoms with Crippen molar-refractivity contribution in [3.63, 3.8) is 0 Å². The molecule has 0 heterocycles. The predicted octanol–water partition coefficient (Wildman–Crippen LogP) is 20.2. The molecule has 430 valence electrons. The summed E-state index contributed by atoms with van der Waals surface area (Å²) in [6, 6.07) is 0. The van der Waals surface area contributed by atoms with E-state index in [1.165, 1.54) is 289 Å². The first-order chi connectivity index (χ1) is 35.3. The molecule has 0 aromatic heterocycles. The highest BCUT2D eigenvalue weighted by atomic mass is 31.2. The smallest absolute Gasteiger partial charge is 0.462 e. The second kappa shape index (κ2) is 59.3. The van der Waals surface area contributed by atoms with Gasteiger partial charge in [0.05, 0.1) is 13.2 Å². The molecule has 0 aliphatic heterocycles. The zero-order valence-electron chi connectivity index (χ0n) is 48.2. The molecule has 0 saturated carbocycles. The van der Waals surface area contributed by atoms with Crippen molar-refractivity contribution in [1.82, 2.24) is 0 Å². The second-order valence-corrected chi connectivity index (χ2v) is 23.5. The molecule has 9 nitrogen and oxygen atoms in total. The van der Waals surface area contributed by atoms with Crippen molar-refractivity contribution in [3.8, 4) is 0 Å². The first-order valence-corrected chi connectivity index (χ1v) is 33.5. The Hall–Kier alpha value is -0.990. The fourth-order valence-corrected chi connectivity index (χ4v) is 10.8. The predicted molar refractivity (Wildman–Crippen MR) is 308 cm³/mol. The molecule has 3 N–H and O–H groups in total. The van der Waals surface area contributed by atoms with Crippen LogP contribution in [0.5, 0.6) is 0 Å². The summed E-state index contributed by atoms with van der Waals surface area (Å²) in [7, 11) is -4.38. The molecule has 0 bridgehead atoms. The standard InChI is InChI=1S/C62H124NO8P/c1-3-5-7-9-11-13-15-17-19-21-23-25-26-27-28-29-30-31-32-33-35-37-39-41-43-45-47-49-51-53-55-62(65)71-60(59-70-72(66,67)69-57-56-63)58-68-61(64)54-52-50-48-46-44-42-40-38-36-34-24-22-20-18-16-14-12-10-8-6-4-2/h60H,3-59,63H2,1-2H3,(H,66,67). The van der Waals surface area contributed by atoms with E-state index >= 15 is 0 Å². The molecule has 0 radical (unpaired) electrons. The number of phosphoric acid groups is 1. The zero-order valence-corrected chi connectivity index (χ0v) is 49.1. The molecule has 0 fully saturated rings. The Bertz CT molecular complexity index is 1140. The minimum atomic E-state index is -4.38. The van der Waals surface area contributed by atoms with Gasteiger partial charge in [0.2, 0.25) is 0 Å². The van der Waals surface area contributed by atoms with Gasteiger partial charge in [-0.15, -0.1) is 0 Å². The minimum absolute atomic E-state index is 0.0587. The number of hydrogen-bond donors (Lipinski definition) is 2. The van der Waals surface area contributed by atoms with E-state index in [1.807, 2.05) is 0 Å². The third kappa shape index (κ3) is 58.3. The van der Waals surface area contributed by atoms with E-state index in [-0.39, 0.29) is 32.1 Å². The van der Waals surface area contributed by atoms with Crippen LogP contribution in [0.2, 0.25) is 0 Å². The van der Waals surface area contributed by atoms with Crippen molar-refractivity contribution in [2.75, 3.05) is 26.4 Å². The quantitative estimate of drug-likeness (QED) is 0.0347. The molecule has 0 saturated heterocycles. The largest absolute Gasteiger partial charge is 0.472 e. The van der Waals surface area contributed by atoms with Gasteiger partial charge < -0.3 is 20.1 Å². The second-order valence-electron chi connectivity index (χ2n) is 22.0. The van der Waals surface area contributed by atoms with Crippen LogP contribution in [0.15, 0.2) is 0 Å². The Kier molecular flexibility index (Phi) is 58.4. The summed E-state index contributed by atoms with van der Waals surface area (Å²) < 4.78 is 33.1. The molecule has 0 aliphatic carbocycles. The fourth-order valence-electron chi connectivity index (χ4n) is 10.00. The Labute approximate surface area is 447 Å². The molecule has 0 spiro atoms. The maximum Gasteiger partial charge on any atom is 0.472 e. The summed E-state index contributed by atoms with van der Waals surface area (Å²) >= 11 is 0. The van der Waals surface area contributed by atoms with Gasteiger partial charge >= 0.3 is 19.8 Å². The maximum atomic E-state index is 12.7. The van der Waals surface area contributed by atoms with Crippen LogP contribution in [0.1, 0.15) is 354 Å². The van der Waals surface area contributed by atoms with Crippen LogP contribution in [0.4, 0.5) is 0 Å². The van der Waals surface area contributed by atoms with Crippen LogP contribution >= 0.6 is 7.82 Å². The fraction of sp³-hybridized carbons (Fsp3) is 0.968. The molecule has 0 amide bonds. The minimum Gasteiger partial charge on any atom is -0.462 e. The average Bonchev–Trinajstić information content (AvgIpc) is 3.37. The van der Waals surface area contributed by atoms with Crippen LogP contribution in [0.3, 0.4) is 0 Å². The Morgan fingerprint density at radius 2 is 0.597 bits per heavy atom. The van der Waals surface area contributed by atoms with Gasteiger partial charge in [0.1, 0.15) is 6.61 Å². The van der Waals surface area contributed by atoms with Gasteiger partial charge in [-0.3, -0.25) is 18.6 Å². The van der Waals surface area contributed by atoms with Crippen LogP contribution in [-0.2, 0) is 32.7 Å². The molecule has 72 heavy (non-hydrogen) atoms. The lowest BCUT2D eigenvalue weighted by Crippen LogP contribution is -2.29. The number of carbonyl (C=O) groups is 2. The number of carbonyl (C=O) groups excluding carboxylic acids is 2. The Balaban J connectivity index is 3.83. The van der Waals surface area contributed by atoms with Crippen molar-refractivity contribution < 1.29 is 37.6 Å². The lowest BCUT2D eigenvalue weighted by atomic mass is 10.0. The summed E-state index contributed by atoms with van der Waals surface area (Å²) in [6.07, 6.45) is 67.6. The number of esters is 2. The molecular weight excluding hydrogens is 918 g/mol. The van der Waals surface area contributed by atoms with Crippen molar-refractivity contribution in [2.45, 2.75) is 360 Å². The van der Waals surface area contributed by atoms with Crippen LogP contribution in [0, 0.1) is 0 Å². The molecule has 2 unspecified atom stereocenters. The summed E-state index contributed by atoms with van der Waals surface area (Å²) in [5.74, 6) is -0.800. The highest BCUT2D eigenvalue weighted by Gasteiger charge is 2.26. The van der Waals surface area contributed by atoms with Crippen molar-refractivity contribution in [1.29, 1.82) is 0 Å². The number of nitrogens with two attached hydrogens (primary N) is 1. The van der Waals surface area contributed by atoms with E-state index < -0.39 is 26.5 Å². The number of phosphoric ester groups is 1. The van der Waals surface area contributed by atoms with E-state index in [0.29, 0.717) is 12.8 Å². The lowest BCUT2D eigenvalue weighted by Gasteiger charge is -2.19. The monoisotopic (exact) mass is 1040 g/mol. The summed E-state index contributed by atoms with van der Waals surface area (Å²) in [4.78, 5) is 35.2. The normalized spacial score (nSPS) is 12.9. The zero-order chi connectivity index (χ0) is 52.4. The molecule has 0 aromatic rings. The van der Waals surface area contributed by atoms with E-state index in [1.54, 1.807) is 0 Å². The lowest BCUT2D eigenvalue weighted by molar-refractivity contribution is -0.161. The number of ether oxygens (including phenoxy) is 2. The highest BCUT2D eigenvalue weighted by molar-refractivity contribution is 7.47. The first-order valence-electron chi connectivity index (χ1n) is 32.0. The third-order valence-corrected chi connectivity index (χ3v) is 15.7. The average molecular weight is 1040 g/mol. The van der Waals surface area contributed by atoms with Gasteiger partial charge in [-0.2, -0.15) is 0 Å². The van der Waals surface area contributed by atoms with Crippen molar-refractivity contribution >= 4 is 19.8 Å². The van der Waals surface area contributed by atoms with Crippen molar-refractivity contribution in [2.24, 2.45) is 5.73 Å². The molecule has 0 aliphatic rings. The summed E-state index contributed by atoms with van der Waals surface area (Å²) in [5.41, 5.74) is 5.39. The van der Waals surface area contributed by atoms with Gasteiger partial charge in [-0.25, -0.2) is 4.57 Å². The van der Waals surface area contributed by atoms with E-state index in [0.717, 1.165) is 32.1 Å². The number of unbranched alkanes of at least 4 members (excludes halogenated alkanes) is 49. The van der Waals surface area contributed by atoms with E-state index in [2.05, 4.69) is 13.8 Å². The topological polar surface area (TPSA) is 134 Å². The number of hydrogen-bond acceptors (Lipinski definition) is 8. The molecule has 0 aromatic carbocycles. The van der Waals surface area contributed by atoms with Gasteiger partial charge in [0.15, 0.2) is 6.10 Å². The van der Waals surface area contributed by atoms with Crippen LogP contribution < -0.4 is 5.73 Å². The van der Waals surface area contributed by atoms with Gasteiger partial charge in [0.25, 0.3) is 0 Å². The first kappa shape index (κ1) is 71.0. The van der Waals surface area contributed by atoms with E-state index in [9.17, 15) is 19.0 Å². The molecular formula is C62H124NO8P. The van der Waals surface area contributed by atoms with Gasteiger partial charge in [-0.1, -0.05) is 328 Å². The molecule has 10 heteroatoms. The third-order valence-electron chi connectivity index (χ3n) is 14.7. The van der Waals surface area contributed by atoms with E-state index in [4.69, 9.17) is 24.3 Å².